The molecule has 1 fully saturated rings. The van der Waals surface area contributed by atoms with Crippen LogP contribution in [0.1, 0.15) is 70.7 Å². The van der Waals surface area contributed by atoms with Gasteiger partial charge in [0.2, 0.25) is 0 Å². The van der Waals surface area contributed by atoms with Crippen LogP contribution in [0.2, 0.25) is 0 Å². The highest BCUT2D eigenvalue weighted by Crippen LogP contribution is 2.30. The molecule has 2 aromatic heterocycles. The summed E-state index contributed by atoms with van der Waals surface area (Å²) in [4.78, 5) is 23.3. The first-order valence-electron chi connectivity index (χ1n) is 13.3. The van der Waals surface area contributed by atoms with E-state index in [1.807, 2.05) is 25.1 Å². The highest BCUT2D eigenvalue weighted by Gasteiger charge is 2.23. The van der Waals surface area contributed by atoms with Gasteiger partial charge in [-0.15, -0.1) is 0 Å². The predicted octanol–water partition coefficient (Wildman–Crippen LogP) is 4.61. The van der Waals surface area contributed by atoms with E-state index in [9.17, 15) is 9.90 Å². The highest BCUT2D eigenvalue weighted by atomic mass is 16.5. The number of aliphatic hydroxyl groups excluding tert-OH is 1. The third kappa shape index (κ3) is 6.19. The minimum absolute atomic E-state index is 0.0241. The Hall–Kier alpha value is -3.23. The Bertz CT molecular complexity index is 1240. The number of β-amino-alcohol motifs (C(OH)–C–C–N with tert-alkyl or cyclic N) is 1. The zero-order valence-corrected chi connectivity index (χ0v) is 21.7. The van der Waals surface area contributed by atoms with Crippen molar-refractivity contribution in [3.8, 4) is 5.75 Å². The second-order valence-corrected chi connectivity index (χ2v) is 10.3. The van der Waals surface area contributed by atoms with Gasteiger partial charge in [0.15, 0.2) is 17.9 Å². The van der Waals surface area contributed by atoms with Gasteiger partial charge in [0, 0.05) is 44.0 Å². The molecule has 0 unspecified atom stereocenters. The van der Waals surface area contributed by atoms with E-state index in [2.05, 4.69) is 33.2 Å². The summed E-state index contributed by atoms with van der Waals surface area (Å²) < 4.78 is 11.4. The Balaban J connectivity index is 1.10. The summed E-state index contributed by atoms with van der Waals surface area (Å²) in [5.41, 5.74) is 5.99. The second-order valence-electron chi connectivity index (χ2n) is 10.3. The van der Waals surface area contributed by atoms with Gasteiger partial charge in [0.1, 0.15) is 18.1 Å². The number of Topliss-reactive ketones (excluding diaryl/α,β-unsaturated/α-hetero) is 1. The van der Waals surface area contributed by atoms with Crippen LogP contribution in [0.25, 0.3) is 0 Å². The smallest absolute Gasteiger partial charge is 0.181 e. The summed E-state index contributed by atoms with van der Waals surface area (Å²) in [6.07, 6.45) is 7.79. The van der Waals surface area contributed by atoms with Gasteiger partial charge in [0.25, 0.3) is 0 Å². The molecule has 8 nitrogen and oxygen atoms in total. The average molecular weight is 505 g/mol. The van der Waals surface area contributed by atoms with Gasteiger partial charge in [0.05, 0.1) is 11.8 Å². The Kier molecular flexibility index (Phi) is 7.86. The molecule has 0 saturated heterocycles. The van der Waals surface area contributed by atoms with Crippen molar-refractivity contribution in [2.75, 3.05) is 18.4 Å². The summed E-state index contributed by atoms with van der Waals surface area (Å²) in [5.74, 6) is 1.58. The molecule has 0 amide bonds. The van der Waals surface area contributed by atoms with Crippen molar-refractivity contribution in [1.29, 1.82) is 0 Å². The number of pyridine rings is 1. The average Bonchev–Trinajstić information content (AvgIpc) is 3.29. The van der Waals surface area contributed by atoms with Crippen molar-refractivity contribution in [2.24, 2.45) is 0 Å². The predicted molar refractivity (Wildman–Crippen MR) is 141 cm³/mol. The van der Waals surface area contributed by atoms with Crippen molar-refractivity contribution in [1.82, 2.24) is 14.9 Å². The monoisotopic (exact) mass is 504 g/mol. The van der Waals surface area contributed by atoms with Gasteiger partial charge in [-0.25, -0.2) is 4.98 Å². The first-order valence-corrected chi connectivity index (χ1v) is 13.3. The third-order valence-electron chi connectivity index (χ3n) is 7.62. The van der Waals surface area contributed by atoms with Crippen LogP contribution in [0.15, 0.2) is 41.3 Å². The molecule has 1 aromatic carbocycles. The number of oxazole rings is 1. The number of aryl methyl sites for hydroxylation is 1. The number of carbonyl (C=O) groups excluding carboxylic acids is 1. The summed E-state index contributed by atoms with van der Waals surface area (Å²) in [5, 5.41) is 14.1. The molecule has 8 heteroatoms. The van der Waals surface area contributed by atoms with Crippen LogP contribution in [0.3, 0.4) is 0 Å². The van der Waals surface area contributed by atoms with E-state index in [1.165, 1.54) is 36.8 Å². The van der Waals surface area contributed by atoms with Crippen LogP contribution in [-0.4, -0.2) is 51.0 Å². The lowest BCUT2D eigenvalue weighted by Gasteiger charge is -2.31. The maximum Gasteiger partial charge on any atom is 0.181 e. The van der Waals surface area contributed by atoms with Crippen LogP contribution in [0, 0.1) is 13.8 Å². The number of hydrogen-bond acceptors (Lipinski definition) is 8. The van der Waals surface area contributed by atoms with Gasteiger partial charge in [-0.05, 0) is 80.8 Å². The normalized spacial score (nSPS) is 16.6. The number of hydrogen-bond donors (Lipinski definition) is 2. The van der Waals surface area contributed by atoms with Crippen molar-refractivity contribution in [3.05, 3.63) is 70.7 Å². The fraction of sp³-hybridized carbons (Fsp3) is 0.483. The fourth-order valence-electron chi connectivity index (χ4n) is 5.07. The molecular formula is C29H36N4O4. The summed E-state index contributed by atoms with van der Waals surface area (Å²) in [7, 11) is 0. The highest BCUT2D eigenvalue weighted by molar-refractivity contribution is 5.95. The quantitative estimate of drug-likeness (QED) is 0.365. The van der Waals surface area contributed by atoms with Crippen molar-refractivity contribution in [3.63, 3.8) is 0 Å². The largest absolute Gasteiger partial charge is 0.485 e. The fourth-order valence-corrected chi connectivity index (χ4v) is 5.07. The lowest BCUT2D eigenvalue weighted by molar-refractivity contribution is 0.0833. The Labute approximate surface area is 218 Å². The molecule has 3 aromatic rings. The molecule has 1 aliphatic carbocycles. The van der Waals surface area contributed by atoms with Gasteiger partial charge in [-0.1, -0.05) is 6.07 Å². The first kappa shape index (κ1) is 25.4. The van der Waals surface area contributed by atoms with Crippen LogP contribution < -0.4 is 10.1 Å². The number of ketones is 1. The van der Waals surface area contributed by atoms with E-state index in [0.29, 0.717) is 31.3 Å². The maximum absolute atomic E-state index is 12.7. The lowest BCUT2D eigenvalue weighted by Crippen LogP contribution is -2.37. The molecule has 2 N–H and O–H groups in total. The van der Waals surface area contributed by atoms with Crippen LogP contribution in [0.4, 0.5) is 5.69 Å². The van der Waals surface area contributed by atoms with Crippen LogP contribution in [0.5, 0.6) is 5.75 Å². The number of aliphatic hydroxyl groups is 1. The topological polar surface area (TPSA) is 101 Å². The summed E-state index contributed by atoms with van der Waals surface area (Å²) in [6, 6.07) is 8.38. The Morgan fingerprint density at radius 2 is 2.14 bits per heavy atom. The third-order valence-corrected chi connectivity index (χ3v) is 7.62. The van der Waals surface area contributed by atoms with Gasteiger partial charge >= 0.3 is 0 Å². The zero-order chi connectivity index (χ0) is 25.8. The van der Waals surface area contributed by atoms with Crippen molar-refractivity contribution >= 4 is 11.5 Å². The minimum atomic E-state index is -0.560. The van der Waals surface area contributed by atoms with Gasteiger partial charge in [-0.3, -0.25) is 14.7 Å². The molecule has 1 aliphatic heterocycles. The molecule has 0 spiro atoms. The van der Waals surface area contributed by atoms with E-state index in [-0.39, 0.29) is 12.2 Å². The Morgan fingerprint density at radius 3 is 2.89 bits per heavy atom. The number of fused-ring (bicyclic) bond motifs is 1. The number of carbonyl (C=O) groups is 1. The SMILES string of the molecule is Cc1ncoc1COc1ccc2c(c1C)CCN(C[C@@H](O)CCC(=O)c1cc(NC3CCC3)ccn1)C2. The minimum Gasteiger partial charge on any atom is -0.485 e. The standard InChI is InChI=1S/C29H36N4O4/c1-19-25-11-13-33(15-21(25)6-9-28(19)36-17-29-20(2)31-18-37-29)16-24(34)7-8-27(35)26-14-23(10-12-30-26)32-22-4-3-5-22/h6,9-10,12,14,18,22,24,34H,3-5,7-8,11,13,15-17H2,1-2H3,(H,30,32)/t24-/m0/s1. The molecule has 1 saturated carbocycles. The number of aromatic nitrogens is 2. The second kappa shape index (κ2) is 11.4. The van der Waals surface area contributed by atoms with Crippen molar-refractivity contribution < 1.29 is 19.1 Å². The van der Waals surface area contributed by atoms with Crippen molar-refractivity contribution in [2.45, 2.75) is 77.7 Å². The Morgan fingerprint density at radius 1 is 1.27 bits per heavy atom. The van der Waals surface area contributed by atoms with E-state index < -0.39 is 6.10 Å². The molecule has 0 radical (unpaired) electrons. The number of nitrogens with one attached hydrogen (secondary N) is 1. The molecule has 5 rings (SSSR count). The molecule has 3 heterocycles. The molecular weight excluding hydrogens is 468 g/mol. The van der Waals surface area contributed by atoms with E-state index in [4.69, 9.17) is 9.15 Å². The van der Waals surface area contributed by atoms with Crippen LogP contribution >= 0.6 is 0 Å². The summed E-state index contributed by atoms with van der Waals surface area (Å²) in [6.45, 7) is 6.55. The summed E-state index contributed by atoms with van der Waals surface area (Å²) >= 11 is 0. The van der Waals surface area contributed by atoms with E-state index in [0.717, 1.165) is 48.0 Å². The van der Waals surface area contributed by atoms with Gasteiger partial charge in [-0.2, -0.15) is 0 Å². The number of nitrogens with zero attached hydrogens (tertiary/aromatic N) is 3. The molecule has 196 valence electrons. The lowest BCUT2D eigenvalue weighted by atomic mass is 9.93. The molecule has 1 atom stereocenters. The van der Waals surface area contributed by atoms with Gasteiger partial charge < -0.3 is 19.6 Å². The van der Waals surface area contributed by atoms with Crippen LogP contribution in [-0.2, 0) is 19.6 Å². The zero-order valence-electron chi connectivity index (χ0n) is 21.7. The number of benzene rings is 1. The number of rotatable bonds is 11. The first-order chi connectivity index (χ1) is 18.0. The van der Waals surface area contributed by atoms with E-state index in [1.54, 1.807) is 6.20 Å². The number of ether oxygens (including phenoxy) is 1. The maximum atomic E-state index is 12.7. The van der Waals surface area contributed by atoms with E-state index >= 15 is 0 Å². The molecule has 0 bridgehead atoms. The molecule has 2 aliphatic rings. The number of anilines is 1. The molecule has 37 heavy (non-hydrogen) atoms.